The maximum absolute atomic E-state index is 12.3. The van der Waals surface area contributed by atoms with Gasteiger partial charge in [-0.3, -0.25) is 9.59 Å². The first kappa shape index (κ1) is 20.1. The lowest BCUT2D eigenvalue weighted by Gasteiger charge is -2.11. The van der Waals surface area contributed by atoms with Gasteiger partial charge < -0.3 is 15.8 Å². The van der Waals surface area contributed by atoms with Crippen molar-refractivity contribution >= 4 is 34.2 Å². The zero-order chi connectivity index (χ0) is 19.9. The van der Waals surface area contributed by atoms with Gasteiger partial charge in [0.15, 0.2) is 0 Å². The largest absolute Gasteiger partial charge is 0.494 e. The number of thiophene rings is 1. The summed E-state index contributed by atoms with van der Waals surface area (Å²) < 4.78 is 5.64. The van der Waals surface area contributed by atoms with Gasteiger partial charge in [-0.05, 0) is 61.4 Å². The maximum Gasteiger partial charge on any atom is 0.251 e. The molecule has 3 rings (SSSR count). The number of rotatable bonds is 8. The summed E-state index contributed by atoms with van der Waals surface area (Å²) >= 11 is 1.47. The van der Waals surface area contributed by atoms with Crippen LogP contribution < -0.4 is 15.8 Å². The van der Waals surface area contributed by atoms with Gasteiger partial charge in [-0.2, -0.15) is 0 Å². The van der Waals surface area contributed by atoms with E-state index < -0.39 is 5.91 Å². The Balaban J connectivity index is 1.64. The maximum atomic E-state index is 12.3. The first-order valence-electron chi connectivity index (χ1n) is 9.74. The highest BCUT2D eigenvalue weighted by Gasteiger charge is 2.24. The molecule has 1 aliphatic carbocycles. The van der Waals surface area contributed by atoms with Crippen LogP contribution in [0.15, 0.2) is 30.3 Å². The minimum atomic E-state index is -0.475. The van der Waals surface area contributed by atoms with Crippen molar-refractivity contribution in [2.24, 2.45) is 5.73 Å². The summed E-state index contributed by atoms with van der Waals surface area (Å²) in [4.78, 5) is 25.4. The first-order valence-corrected chi connectivity index (χ1v) is 10.6. The summed E-state index contributed by atoms with van der Waals surface area (Å²) in [5.74, 6) is 0.0760. The lowest BCUT2D eigenvalue weighted by molar-refractivity contribution is -0.111. The van der Waals surface area contributed by atoms with Crippen molar-refractivity contribution < 1.29 is 14.3 Å². The second-order valence-corrected chi connectivity index (χ2v) is 7.98. The molecule has 5 nitrogen and oxygen atoms in total. The molecule has 0 radical (unpaired) electrons. The number of unbranched alkanes of at least 4 members (excludes halogenated alkanes) is 1. The van der Waals surface area contributed by atoms with Crippen LogP contribution in [0.5, 0.6) is 5.75 Å². The van der Waals surface area contributed by atoms with Crippen LogP contribution in [0.4, 0.5) is 5.00 Å². The van der Waals surface area contributed by atoms with E-state index in [1.54, 1.807) is 6.08 Å². The van der Waals surface area contributed by atoms with Crippen LogP contribution in [0, 0.1) is 0 Å². The minimum Gasteiger partial charge on any atom is -0.494 e. The third kappa shape index (κ3) is 5.01. The van der Waals surface area contributed by atoms with E-state index in [1.165, 1.54) is 17.4 Å². The van der Waals surface area contributed by atoms with Gasteiger partial charge in [-0.25, -0.2) is 0 Å². The molecular formula is C22H26N2O3S. The predicted molar refractivity (Wildman–Crippen MR) is 114 cm³/mol. The van der Waals surface area contributed by atoms with E-state index >= 15 is 0 Å². The van der Waals surface area contributed by atoms with E-state index in [9.17, 15) is 9.59 Å². The summed E-state index contributed by atoms with van der Waals surface area (Å²) in [5, 5.41) is 3.40. The van der Waals surface area contributed by atoms with Gasteiger partial charge in [0, 0.05) is 11.0 Å². The van der Waals surface area contributed by atoms with Crippen LogP contribution in [0.2, 0.25) is 0 Å². The Morgan fingerprint density at radius 2 is 1.96 bits per heavy atom. The number of anilines is 1. The summed E-state index contributed by atoms with van der Waals surface area (Å²) in [7, 11) is 0. The zero-order valence-electron chi connectivity index (χ0n) is 16.1. The van der Waals surface area contributed by atoms with Crippen LogP contribution >= 0.6 is 11.3 Å². The molecule has 0 atom stereocenters. The summed E-state index contributed by atoms with van der Waals surface area (Å²) in [5.41, 5.74) is 7.97. The molecule has 28 heavy (non-hydrogen) atoms. The van der Waals surface area contributed by atoms with Gasteiger partial charge >= 0.3 is 0 Å². The summed E-state index contributed by atoms with van der Waals surface area (Å²) in [6, 6.07) is 7.60. The fourth-order valence-electron chi connectivity index (χ4n) is 3.25. The van der Waals surface area contributed by atoms with Crippen molar-refractivity contribution in [2.75, 3.05) is 11.9 Å². The molecule has 1 aromatic carbocycles. The Hall–Kier alpha value is -2.60. The number of carbonyl (C=O) groups is 2. The molecule has 0 spiro atoms. The van der Waals surface area contributed by atoms with Crippen molar-refractivity contribution in [3.8, 4) is 5.75 Å². The smallest absolute Gasteiger partial charge is 0.251 e. The number of nitrogens with one attached hydrogen (secondary N) is 1. The molecule has 0 unspecified atom stereocenters. The summed E-state index contributed by atoms with van der Waals surface area (Å²) in [6.45, 7) is 2.83. The molecule has 1 aliphatic rings. The van der Waals surface area contributed by atoms with Gasteiger partial charge in [0.25, 0.3) is 5.91 Å². The molecule has 148 valence electrons. The van der Waals surface area contributed by atoms with Crippen LogP contribution in [0.25, 0.3) is 6.08 Å². The highest BCUT2D eigenvalue weighted by molar-refractivity contribution is 7.17. The quantitative estimate of drug-likeness (QED) is 0.505. The molecule has 1 heterocycles. The van der Waals surface area contributed by atoms with E-state index in [1.807, 2.05) is 24.3 Å². The number of aryl methyl sites for hydroxylation is 1. The molecule has 0 fully saturated rings. The lowest BCUT2D eigenvalue weighted by Crippen LogP contribution is -2.17. The van der Waals surface area contributed by atoms with E-state index in [2.05, 4.69) is 12.2 Å². The SMILES string of the molecule is CCCCOc1ccc(/C=C/C(=O)Nc2sc3c(c2C(N)=O)CCCC3)cc1. The van der Waals surface area contributed by atoms with Crippen LogP contribution in [-0.4, -0.2) is 18.4 Å². The molecule has 2 aromatic rings. The van der Waals surface area contributed by atoms with Crippen molar-refractivity contribution in [3.05, 3.63) is 51.9 Å². The van der Waals surface area contributed by atoms with Gasteiger partial charge in [-0.1, -0.05) is 25.5 Å². The van der Waals surface area contributed by atoms with Crippen molar-refractivity contribution in [2.45, 2.75) is 45.4 Å². The van der Waals surface area contributed by atoms with Crippen LogP contribution in [-0.2, 0) is 17.6 Å². The number of amides is 2. The third-order valence-corrected chi connectivity index (χ3v) is 5.94. The second kappa shape index (κ2) is 9.55. The number of benzene rings is 1. The molecule has 1 aromatic heterocycles. The topological polar surface area (TPSA) is 81.4 Å². The number of hydrogen-bond donors (Lipinski definition) is 2. The monoisotopic (exact) mass is 398 g/mol. The van der Waals surface area contributed by atoms with Crippen LogP contribution in [0.3, 0.4) is 0 Å². The van der Waals surface area contributed by atoms with E-state index in [-0.39, 0.29) is 5.91 Å². The molecule has 0 saturated heterocycles. The number of primary amides is 1. The number of ether oxygens (including phenoxy) is 1. The molecule has 3 N–H and O–H groups in total. The van der Waals surface area contributed by atoms with Crippen molar-refractivity contribution in [3.63, 3.8) is 0 Å². The average Bonchev–Trinajstić information content (AvgIpc) is 3.05. The van der Waals surface area contributed by atoms with Gasteiger partial charge in [0.05, 0.1) is 12.2 Å². The zero-order valence-corrected chi connectivity index (χ0v) is 16.9. The number of nitrogens with two attached hydrogens (primary N) is 1. The normalized spacial score (nSPS) is 13.3. The Labute approximate surface area is 169 Å². The molecule has 0 aliphatic heterocycles. The third-order valence-electron chi connectivity index (χ3n) is 4.73. The van der Waals surface area contributed by atoms with Gasteiger partial charge in [0.1, 0.15) is 10.8 Å². The Morgan fingerprint density at radius 1 is 1.21 bits per heavy atom. The van der Waals surface area contributed by atoms with E-state index in [4.69, 9.17) is 10.5 Å². The van der Waals surface area contributed by atoms with E-state index in [0.29, 0.717) is 17.2 Å². The number of hydrogen-bond acceptors (Lipinski definition) is 4. The first-order chi connectivity index (χ1) is 13.6. The minimum absolute atomic E-state index is 0.274. The molecule has 0 saturated carbocycles. The van der Waals surface area contributed by atoms with Crippen molar-refractivity contribution in [1.29, 1.82) is 0 Å². The number of carbonyl (C=O) groups excluding carboxylic acids is 2. The van der Waals surface area contributed by atoms with Crippen molar-refractivity contribution in [1.82, 2.24) is 0 Å². The lowest BCUT2D eigenvalue weighted by atomic mass is 9.95. The Morgan fingerprint density at radius 3 is 2.68 bits per heavy atom. The highest BCUT2D eigenvalue weighted by atomic mass is 32.1. The fourth-order valence-corrected chi connectivity index (χ4v) is 4.55. The highest BCUT2D eigenvalue weighted by Crippen LogP contribution is 2.37. The standard InChI is InChI=1S/C22H26N2O3S/c1-2-3-14-27-16-11-8-15(9-12-16)10-13-19(25)24-22-20(21(23)26)17-6-4-5-7-18(17)28-22/h8-13H,2-7,14H2,1H3,(H2,23,26)(H,24,25)/b13-10+. The Bertz CT molecular complexity index is 869. The summed E-state index contributed by atoms with van der Waals surface area (Å²) in [6.07, 6.45) is 9.29. The molecular weight excluding hydrogens is 372 g/mol. The molecule has 2 amide bonds. The predicted octanol–water partition coefficient (Wildman–Crippen LogP) is 4.56. The Kier molecular flexibility index (Phi) is 6.87. The van der Waals surface area contributed by atoms with Crippen LogP contribution in [0.1, 0.15) is 59.0 Å². The van der Waals surface area contributed by atoms with E-state index in [0.717, 1.165) is 60.3 Å². The average molecular weight is 399 g/mol. The number of fused-ring (bicyclic) bond motifs is 1. The molecule has 6 heteroatoms. The van der Waals surface area contributed by atoms with Gasteiger partial charge in [-0.15, -0.1) is 11.3 Å². The van der Waals surface area contributed by atoms with Gasteiger partial charge in [0.2, 0.25) is 5.91 Å². The second-order valence-electron chi connectivity index (χ2n) is 6.87. The fraction of sp³-hybridized carbons (Fsp3) is 0.364. The molecule has 0 bridgehead atoms.